The SMILES string of the molecule is O=C(O/C(=C\c1nc2ccccc2n1Cc1ccc(Cl)cc1)c1ccccc1Br)c1ccccc1Br. The Balaban J connectivity index is 1.63. The van der Waals surface area contributed by atoms with Crippen LogP contribution in [0.5, 0.6) is 0 Å². The molecular formula is C29H19Br2ClN2O2. The van der Waals surface area contributed by atoms with E-state index in [0.29, 0.717) is 33.2 Å². The van der Waals surface area contributed by atoms with Gasteiger partial charge in [-0.25, -0.2) is 9.78 Å². The van der Waals surface area contributed by atoms with Gasteiger partial charge >= 0.3 is 5.97 Å². The lowest BCUT2D eigenvalue weighted by atomic mass is 10.1. The molecule has 5 aromatic rings. The highest BCUT2D eigenvalue weighted by atomic mass is 79.9. The summed E-state index contributed by atoms with van der Waals surface area (Å²) in [5, 5.41) is 0.685. The van der Waals surface area contributed by atoms with Crippen LogP contribution in [0.25, 0.3) is 22.9 Å². The van der Waals surface area contributed by atoms with Crippen molar-refractivity contribution in [3.63, 3.8) is 0 Å². The zero-order chi connectivity index (χ0) is 25.1. The summed E-state index contributed by atoms with van der Waals surface area (Å²) in [7, 11) is 0. The number of hydrogen-bond donors (Lipinski definition) is 0. The van der Waals surface area contributed by atoms with Gasteiger partial charge in [-0.2, -0.15) is 0 Å². The van der Waals surface area contributed by atoms with E-state index in [-0.39, 0.29) is 0 Å². The highest BCUT2D eigenvalue weighted by molar-refractivity contribution is 9.10. The molecule has 0 atom stereocenters. The van der Waals surface area contributed by atoms with E-state index in [1.807, 2.05) is 91.0 Å². The number of imidazole rings is 1. The third-order valence-electron chi connectivity index (χ3n) is 5.63. The van der Waals surface area contributed by atoms with Crippen molar-refractivity contribution in [2.75, 3.05) is 0 Å². The number of carbonyl (C=O) groups excluding carboxylic acids is 1. The van der Waals surface area contributed by atoms with E-state index in [4.69, 9.17) is 21.3 Å². The predicted molar refractivity (Wildman–Crippen MR) is 152 cm³/mol. The summed E-state index contributed by atoms with van der Waals surface area (Å²) in [6.45, 7) is 0.574. The van der Waals surface area contributed by atoms with Crippen molar-refractivity contribution in [2.24, 2.45) is 0 Å². The summed E-state index contributed by atoms with van der Waals surface area (Å²) in [5.74, 6) is 0.581. The Morgan fingerprint density at radius 3 is 2.14 bits per heavy atom. The summed E-state index contributed by atoms with van der Waals surface area (Å²) in [5.41, 5.74) is 4.07. The van der Waals surface area contributed by atoms with E-state index >= 15 is 0 Å². The fourth-order valence-electron chi connectivity index (χ4n) is 3.86. The van der Waals surface area contributed by atoms with Gasteiger partial charge in [-0.05, 0) is 64.0 Å². The summed E-state index contributed by atoms with van der Waals surface area (Å²) >= 11 is 13.1. The van der Waals surface area contributed by atoms with Gasteiger partial charge in [-0.1, -0.05) is 82.1 Å². The summed E-state index contributed by atoms with van der Waals surface area (Å²) in [6.07, 6.45) is 1.81. The predicted octanol–water partition coefficient (Wildman–Crippen LogP) is 8.62. The minimum absolute atomic E-state index is 0.385. The highest BCUT2D eigenvalue weighted by Crippen LogP contribution is 2.30. The molecule has 178 valence electrons. The third-order valence-corrected chi connectivity index (χ3v) is 7.27. The molecule has 0 aliphatic heterocycles. The second-order valence-electron chi connectivity index (χ2n) is 8.03. The Morgan fingerprint density at radius 2 is 1.44 bits per heavy atom. The van der Waals surface area contributed by atoms with Gasteiger partial charge in [0.1, 0.15) is 11.6 Å². The second kappa shape index (κ2) is 10.8. The lowest BCUT2D eigenvalue weighted by Gasteiger charge is -2.13. The number of benzene rings is 4. The van der Waals surface area contributed by atoms with Gasteiger partial charge in [0.2, 0.25) is 0 Å². The van der Waals surface area contributed by atoms with Crippen LogP contribution in [-0.4, -0.2) is 15.5 Å². The number of rotatable bonds is 6. The average molecular weight is 623 g/mol. The van der Waals surface area contributed by atoms with Crippen LogP contribution in [0.4, 0.5) is 0 Å². The molecule has 0 radical (unpaired) electrons. The van der Waals surface area contributed by atoms with Crippen molar-refractivity contribution < 1.29 is 9.53 Å². The average Bonchev–Trinajstić information content (AvgIpc) is 3.22. The number of hydrogen-bond acceptors (Lipinski definition) is 3. The molecule has 1 heterocycles. The lowest BCUT2D eigenvalue weighted by molar-refractivity contribution is 0.0692. The van der Waals surface area contributed by atoms with Gasteiger partial charge in [-0.3, -0.25) is 0 Å². The number of esters is 1. The fourth-order valence-corrected chi connectivity index (χ4v) is 4.92. The molecule has 0 saturated carbocycles. The van der Waals surface area contributed by atoms with Crippen LogP contribution < -0.4 is 0 Å². The minimum atomic E-state index is -0.468. The second-order valence-corrected chi connectivity index (χ2v) is 10.2. The van der Waals surface area contributed by atoms with E-state index < -0.39 is 5.97 Å². The van der Waals surface area contributed by atoms with Crippen LogP contribution in [0, 0.1) is 0 Å². The molecule has 4 nitrogen and oxygen atoms in total. The number of carbonyl (C=O) groups is 1. The molecule has 0 spiro atoms. The molecule has 7 heteroatoms. The minimum Gasteiger partial charge on any atom is -0.422 e. The van der Waals surface area contributed by atoms with Crippen molar-refractivity contribution in [3.8, 4) is 0 Å². The smallest absolute Gasteiger partial charge is 0.344 e. The molecule has 0 fully saturated rings. The first-order chi connectivity index (χ1) is 17.5. The maximum Gasteiger partial charge on any atom is 0.344 e. The summed E-state index contributed by atoms with van der Waals surface area (Å²) in [6, 6.07) is 30.5. The zero-order valence-electron chi connectivity index (χ0n) is 18.9. The molecule has 5 rings (SSSR count). The van der Waals surface area contributed by atoms with Crippen LogP contribution >= 0.6 is 43.5 Å². The Morgan fingerprint density at radius 1 is 0.833 bits per heavy atom. The van der Waals surface area contributed by atoms with Crippen molar-refractivity contribution in [1.29, 1.82) is 0 Å². The maximum absolute atomic E-state index is 13.2. The fraction of sp³-hybridized carbons (Fsp3) is 0.0345. The standard InChI is InChI=1S/C29H19Br2ClN2O2/c30-23-9-3-1-7-21(23)27(36-29(35)22-8-2-4-10-24(22)31)17-28-33-25-11-5-6-12-26(25)34(28)18-19-13-15-20(32)16-14-19/h1-17H,18H2/b27-17-. The number of para-hydroxylation sites is 2. The molecule has 0 unspecified atom stereocenters. The Kier molecular flexibility index (Phi) is 7.37. The number of halogens is 3. The van der Waals surface area contributed by atoms with Gasteiger partial charge in [0.25, 0.3) is 0 Å². The lowest BCUT2D eigenvalue weighted by Crippen LogP contribution is -2.07. The molecule has 4 aromatic carbocycles. The normalized spacial score (nSPS) is 11.6. The van der Waals surface area contributed by atoms with Gasteiger partial charge in [-0.15, -0.1) is 0 Å². The van der Waals surface area contributed by atoms with E-state index in [1.165, 1.54) is 0 Å². The first-order valence-corrected chi connectivity index (χ1v) is 13.1. The van der Waals surface area contributed by atoms with Crippen molar-refractivity contribution in [3.05, 3.63) is 134 Å². The van der Waals surface area contributed by atoms with E-state index in [1.54, 1.807) is 12.1 Å². The molecule has 0 bridgehead atoms. The molecular weight excluding hydrogens is 604 g/mol. The molecule has 0 saturated heterocycles. The monoisotopic (exact) mass is 620 g/mol. The first-order valence-electron chi connectivity index (χ1n) is 11.1. The number of nitrogens with zero attached hydrogens (tertiary/aromatic N) is 2. The van der Waals surface area contributed by atoms with Crippen molar-refractivity contribution >= 4 is 72.3 Å². The van der Waals surface area contributed by atoms with Gasteiger partial charge < -0.3 is 9.30 Å². The van der Waals surface area contributed by atoms with Gasteiger partial charge in [0, 0.05) is 32.2 Å². The molecule has 36 heavy (non-hydrogen) atoms. The molecule has 0 N–H and O–H groups in total. The van der Waals surface area contributed by atoms with E-state index in [2.05, 4.69) is 36.4 Å². The summed E-state index contributed by atoms with van der Waals surface area (Å²) < 4.78 is 9.56. The highest BCUT2D eigenvalue weighted by Gasteiger charge is 2.18. The zero-order valence-corrected chi connectivity index (χ0v) is 22.8. The molecule has 1 aromatic heterocycles. The Hall–Kier alpha value is -3.19. The topological polar surface area (TPSA) is 44.1 Å². The van der Waals surface area contributed by atoms with Crippen LogP contribution in [-0.2, 0) is 11.3 Å². The van der Waals surface area contributed by atoms with Crippen molar-refractivity contribution in [2.45, 2.75) is 6.54 Å². The van der Waals surface area contributed by atoms with Gasteiger partial charge in [0.05, 0.1) is 16.6 Å². The van der Waals surface area contributed by atoms with Crippen LogP contribution in [0.1, 0.15) is 27.3 Å². The van der Waals surface area contributed by atoms with Crippen LogP contribution in [0.15, 0.2) is 106 Å². The molecule has 0 amide bonds. The molecule has 0 aliphatic rings. The largest absolute Gasteiger partial charge is 0.422 e. The van der Waals surface area contributed by atoms with Gasteiger partial charge in [0.15, 0.2) is 0 Å². The number of fused-ring (bicyclic) bond motifs is 1. The third kappa shape index (κ3) is 5.31. The Labute approximate surface area is 230 Å². The maximum atomic E-state index is 13.2. The quantitative estimate of drug-likeness (QED) is 0.141. The first kappa shape index (κ1) is 24.5. The van der Waals surface area contributed by atoms with Crippen LogP contribution in [0.2, 0.25) is 5.02 Å². The van der Waals surface area contributed by atoms with E-state index in [0.717, 1.165) is 26.6 Å². The number of aromatic nitrogens is 2. The summed E-state index contributed by atoms with van der Waals surface area (Å²) in [4.78, 5) is 18.0. The number of ether oxygens (including phenoxy) is 1. The van der Waals surface area contributed by atoms with Crippen molar-refractivity contribution in [1.82, 2.24) is 9.55 Å². The molecule has 0 aliphatic carbocycles. The Bertz CT molecular complexity index is 1590. The van der Waals surface area contributed by atoms with Crippen LogP contribution in [0.3, 0.4) is 0 Å². The van der Waals surface area contributed by atoms with E-state index in [9.17, 15) is 4.79 Å².